The van der Waals surface area contributed by atoms with Crippen molar-refractivity contribution in [1.29, 1.82) is 0 Å². The highest BCUT2D eigenvalue weighted by molar-refractivity contribution is 8.00. The number of carbonyl (C=O) groups excluding carboxylic acids is 1. The Morgan fingerprint density at radius 1 is 1.35 bits per heavy atom. The topological polar surface area (TPSA) is 29.1 Å². The fourth-order valence-electron chi connectivity index (χ4n) is 1.54. The number of rotatable bonds is 5. The van der Waals surface area contributed by atoms with E-state index in [0.29, 0.717) is 11.4 Å². The molecule has 0 spiro atoms. The zero-order valence-electron chi connectivity index (χ0n) is 10.7. The van der Waals surface area contributed by atoms with Gasteiger partial charge in [-0.15, -0.1) is 23.1 Å². The first-order valence-electron chi connectivity index (χ1n) is 5.98. The number of hydrogen-bond donors (Lipinski definition) is 1. The molecule has 0 aliphatic rings. The summed E-state index contributed by atoms with van der Waals surface area (Å²) in [6, 6.07) is 7.49. The van der Waals surface area contributed by atoms with Crippen LogP contribution >= 0.6 is 23.1 Å². The molecule has 1 atom stereocenters. The van der Waals surface area contributed by atoms with E-state index in [0.717, 1.165) is 17.0 Å². The third-order valence-corrected chi connectivity index (χ3v) is 4.56. The van der Waals surface area contributed by atoms with Crippen LogP contribution in [0.4, 0.5) is 8.78 Å². The Labute approximate surface area is 124 Å². The first-order chi connectivity index (χ1) is 9.56. The molecule has 106 valence electrons. The van der Waals surface area contributed by atoms with Gasteiger partial charge in [0.25, 0.3) is 0 Å². The van der Waals surface area contributed by atoms with Crippen LogP contribution in [0.5, 0.6) is 0 Å². The molecule has 6 heteroatoms. The summed E-state index contributed by atoms with van der Waals surface area (Å²) in [6.45, 7) is 2.22. The molecular weight excluding hydrogens is 300 g/mol. The molecule has 0 unspecified atom stereocenters. The summed E-state index contributed by atoms with van der Waals surface area (Å²) in [7, 11) is 0. The maximum Gasteiger partial charge on any atom is 0.233 e. The van der Waals surface area contributed by atoms with Crippen molar-refractivity contribution < 1.29 is 13.6 Å². The van der Waals surface area contributed by atoms with Crippen molar-refractivity contribution in [2.45, 2.75) is 23.6 Å². The number of amides is 1. The van der Waals surface area contributed by atoms with Crippen molar-refractivity contribution in [3.63, 3.8) is 0 Å². The van der Waals surface area contributed by atoms with Gasteiger partial charge < -0.3 is 5.32 Å². The van der Waals surface area contributed by atoms with Crippen LogP contribution in [0, 0.1) is 11.6 Å². The van der Waals surface area contributed by atoms with Crippen LogP contribution in [0.15, 0.2) is 40.6 Å². The summed E-state index contributed by atoms with van der Waals surface area (Å²) < 4.78 is 25.9. The lowest BCUT2D eigenvalue weighted by atomic mass is 10.3. The summed E-state index contributed by atoms with van der Waals surface area (Å²) in [4.78, 5) is 13.5. The van der Waals surface area contributed by atoms with Crippen molar-refractivity contribution in [3.8, 4) is 0 Å². The number of thiophene rings is 1. The van der Waals surface area contributed by atoms with Crippen molar-refractivity contribution in [2.24, 2.45) is 0 Å². The van der Waals surface area contributed by atoms with E-state index in [9.17, 15) is 13.6 Å². The molecule has 1 aromatic carbocycles. The molecule has 2 aromatic rings. The van der Waals surface area contributed by atoms with Crippen LogP contribution in [-0.4, -0.2) is 11.2 Å². The Balaban J connectivity index is 1.88. The molecule has 0 radical (unpaired) electrons. The number of thioether (sulfide) groups is 1. The first kappa shape index (κ1) is 15.0. The minimum Gasteiger partial charge on any atom is -0.350 e. The minimum absolute atomic E-state index is 0.131. The molecule has 0 aliphatic carbocycles. The molecular formula is C14H13F2NOS2. The standard InChI is InChI=1S/C14H13F2NOS2/c1-9(14(18)17-8-11-3-2-6-19-11)20-10-4-5-12(15)13(16)7-10/h2-7,9H,8H2,1H3,(H,17,18)/t9-/m0/s1. The maximum absolute atomic E-state index is 13.1. The Hall–Kier alpha value is -1.40. The molecule has 0 bridgehead atoms. The lowest BCUT2D eigenvalue weighted by Crippen LogP contribution is -2.30. The van der Waals surface area contributed by atoms with Crippen LogP contribution in [0.25, 0.3) is 0 Å². The van der Waals surface area contributed by atoms with E-state index in [1.165, 1.54) is 17.8 Å². The SMILES string of the molecule is C[C@H](Sc1ccc(F)c(F)c1)C(=O)NCc1cccs1. The number of nitrogens with one attached hydrogen (secondary N) is 1. The molecule has 1 N–H and O–H groups in total. The highest BCUT2D eigenvalue weighted by Gasteiger charge is 2.15. The second-order valence-electron chi connectivity index (χ2n) is 4.13. The van der Waals surface area contributed by atoms with Crippen LogP contribution in [0.2, 0.25) is 0 Å². The molecule has 0 fully saturated rings. The van der Waals surface area contributed by atoms with Gasteiger partial charge in [-0.2, -0.15) is 0 Å². The second kappa shape index (κ2) is 6.85. The Morgan fingerprint density at radius 2 is 2.15 bits per heavy atom. The van der Waals surface area contributed by atoms with E-state index in [2.05, 4.69) is 5.32 Å². The quantitative estimate of drug-likeness (QED) is 0.850. The summed E-state index contributed by atoms with van der Waals surface area (Å²) in [6.07, 6.45) is 0. The monoisotopic (exact) mass is 313 g/mol. The number of benzene rings is 1. The Morgan fingerprint density at radius 3 is 2.80 bits per heavy atom. The predicted octanol–water partition coefficient (Wildman–Crippen LogP) is 3.82. The van der Waals surface area contributed by atoms with Crippen LogP contribution < -0.4 is 5.32 Å². The maximum atomic E-state index is 13.1. The summed E-state index contributed by atoms with van der Waals surface area (Å²) in [5.74, 6) is -1.92. The largest absolute Gasteiger partial charge is 0.350 e. The van der Waals surface area contributed by atoms with E-state index < -0.39 is 11.6 Å². The van der Waals surface area contributed by atoms with Crippen molar-refractivity contribution in [2.75, 3.05) is 0 Å². The third kappa shape index (κ3) is 4.05. The Bertz CT molecular complexity index is 587. The average molecular weight is 313 g/mol. The molecule has 0 saturated heterocycles. The molecule has 2 rings (SSSR count). The molecule has 1 heterocycles. The smallest absolute Gasteiger partial charge is 0.233 e. The van der Waals surface area contributed by atoms with Crippen LogP contribution in [0.3, 0.4) is 0 Å². The highest BCUT2D eigenvalue weighted by Crippen LogP contribution is 2.25. The van der Waals surface area contributed by atoms with Crippen molar-refractivity contribution in [1.82, 2.24) is 5.32 Å². The lowest BCUT2D eigenvalue weighted by molar-refractivity contribution is -0.120. The zero-order valence-corrected chi connectivity index (χ0v) is 12.4. The third-order valence-electron chi connectivity index (χ3n) is 2.59. The van der Waals surface area contributed by atoms with E-state index in [-0.39, 0.29) is 11.2 Å². The number of carbonyl (C=O) groups is 1. The van der Waals surface area contributed by atoms with Gasteiger partial charge in [0.15, 0.2) is 11.6 Å². The fraction of sp³-hybridized carbons (Fsp3) is 0.214. The molecule has 0 saturated carbocycles. The minimum atomic E-state index is -0.902. The van der Waals surface area contributed by atoms with Crippen molar-refractivity contribution >= 4 is 29.0 Å². The highest BCUT2D eigenvalue weighted by atomic mass is 32.2. The normalized spacial score (nSPS) is 12.2. The molecule has 1 amide bonds. The predicted molar refractivity (Wildman–Crippen MR) is 77.8 cm³/mol. The summed E-state index contributed by atoms with van der Waals surface area (Å²) in [5.41, 5.74) is 0. The van der Waals surface area contributed by atoms with Gasteiger partial charge in [0, 0.05) is 9.77 Å². The molecule has 1 aromatic heterocycles. The van der Waals surface area contributed by atoms with Crippen LogP contribution in [-0.2, 0) is 11.3 Å². The van der Waals surface area contributed by atoms with E-state index in [1.807, 2.05) is 17.5 Å². The van der Waals surface area contributed by atoms with E-state index in [1.54, 1.807) is 18.3 Å². The van der Waals surface area contributed by atoms with Gasteiger partial charge in [-0.3, -0.25) is 4.79 Å². The van der Waals surface area contributed by atoms with Gasteiger partial charge in [-0.25, -0.2) is 8.78 Å². The molecule has 20 heavy (non-hydrogen) atoms. The van der Waals surface area contributed by atoms with Gasteiger partial charge in [-0.05, 0) is 36.6 Å². The van der Waals surface area contributed by atoms with Gasteiger partial charge >= 0.3 is 0 Å². The summed E-state index contributed by atoms with van der Waals surface area (Å²) >= 11 is 2.77. The second-order valence-corrected chi connectivity index (χ2v) is 6.58. The first-order valence-corrected chi connectivity index (χ1v) is 7.74. The molecule has 2 nitrogen and oxygen atoms in total. The van der Waals surface area contributed by atoms with Gasteiger partial charge in [0.05, 0.1) is 11.8 Å². The molecule has 0 aliphatic heterocycles. The van der Waals surface area contributed by atoms with Gasteiger partial charge in [-0.1, -0.05) is 6.07 Å². The number of halogens is 2. The number of hydrogen-bond acceptors (Lipinski definition) is 3. The van der Waals surface area contributed by atoms with Crippen LogP contribution in [0.1, 0.15) is 11.8 Å². The summed E-state index contributed by atoms with van der Waals surface area (Å²) in [5, 5.41) is 4.38. The zero-order chi connectivity index (χ0) is 14.5. The van der Waals surface area contributed by atoms with E-state index >= 15 is 0 Å². The van der Waals surface area contributed by atoms with Crippen molar-refractivity contribution in [3.05, 3.63) is 52.2 Å². The fourth-order valence-corrected chi connectivity index (χ4v) is 3.10. The Kier molecular flexibility index (Phi) is 5.14. The average Bonchev–Trinajstić information content (AvgIpc) is 2.93. The van der Waals surface area contributed by atoms with E-state index in [4.69, 9.17) is 0 Å². The lowest BCUT2D eigenvalue weighted by Gasteiger charge is -2.11. The van der Waals surface area contributed by atoms with Gasteiger partial charge in [0.2, 0.25) is 5.91 Å². The van der Waals surface area contributed by atoms with Gasteiger partial charge in [0.1, 0.15) is 0 Å².